The average Bonchev–Trinajstić information content (AvgIpc) is 2.75. The fourth-order valence-electron chi connectivity index (χ4n) is 2.43. The number of nitrogens with zero attached hydrogens (tertiary/aromatic N) is 2. The summed E-state index contributed by atoms with van der Waals surface area (Å²) in [5, 5.41) is 8.69. The zero-order chi connectivity index (χ0) is 21.2. The molecule has 5 nitrogen and oxygen atoms in total. The van der Waals surface area contributed by atoms with E-state index >= 15 is 0 Å². The minimum absolute atomic E-state index is 0.290. The summed E-state index contributed by atoms with van der Waals surface area (Å²) in [6.45, 7) is 4.32. The lowest BCUT2D eigenvalue weighted by Crippen LogP contribution is -2.00. The molecule has 3 aromatic rings. The summed E-state index contributed by atoms with van der Waals surface area (Å²) in [6, 6.07) is 13.6. The van der Waals surface area contributed by atoms with E-state index in [1.54, 1.807) is 24.3 Å². The second kappa shape index (κ2) is 11.5. The van der Waals surface area contributed by atoms with Crippen molar-refractivity contribution in [1.82, 2.24) is 10.2 Å². The molecule has 1 aromatic heterocycles. The van der Waals surface area contributed by atoms with Crippen LogP contribution in [0, 0.1) is 5.82 Å². The maximum Gasteiger partial charge on any atom is 0.257 e. The van der Waals surface area contributed by atoms with Crippen LogP contribution in [0.15, 0.2) is 48.5 Å². The van der Waals surface area contributed by atoms with Gasteiger partial charge in [-0.15, -0.1) is 10.2 Å². The molecule has 0 unspecified atom stereocenters. The molecule has 2 aromatic carbocycles. The highest BCUT2D eigenvalue weighted by molar-refractivity contribution is 7.99. The third-order valence-electron chi connectivity index (χ3n) is 3.67. The molecule has 0 spiro atoms. The SMILES string of the molecule is CC.COc1nnc(-c2cc(OCc3cccc(Cl)c3)ccc2F)cc1NSC. The molecule has 0 amide bonds. The van der Waals surface area contributed by atoms with E-state index in [1.165, 1.54) is 25.1 Å². The first-order valence-electron chi connectivity index (χ1n) is 8.98. The highest BCUT2D eigenvalue weighted by Gasteiger charge is 2.13. The van der Waals surface area contributed by atoms with Crippen molar-refractivity contribution < 1.29 is 13.9 Å². The van der Waals surface area contributed by atoms with Crippen molar-refractivity contribution in [2.45, 2.75) is 20.5 Å². The Morgan fingerprint density at radius 3 is 2.59 bits per heavy atom. The highest BCUT2D eigenvalue weighted by atomic mass is 35.5. The number of hydrogen-bond donors (Lipinski definition) is 1. The molecule has 3 rings (SSSR count). The van der Waals surface area contributed by atoms with Gasteiger partial charge in [0.1, 0.15) is 23.9 Å². The van der Waals surface area contributed by atoms with E-state index < -0.39 is 5.82 Å². The monoisotopic (exact) mass is 435 g/mol. The number of nitrogens with one attached hydrogen (secondary N) is 1. The first-order chi connectivity index (χ1) is 14.1. The van der Waals surface area contributed by atoms with E-state index in [2.05, 4.69) is 14.9 Å². The molecule has 0 atom stereocenters. The summed E-state index contributed by atoms with van der Waals surface area (Å²) < 4.78 is 28.4. The summed E-state index contributed by atoms with van der Waals surface area (Å²) in [5.41, 5.74) is 2.19. The van der Waals surface area contributed by atoms with Crippen molar-refractivity contribution >= 4 is 29.2 Å². The Balaban J connectivity index is 0.00000145. The fraction of sp³-hybridized carbons (Fsp3) is 0.238. The van der Waals surface area contributed by atoms with Crippen molar-refractivity contribution in [1.29, 1.82) is 0 Å². The summed E-state index contributed by atoms with van der Waals surface area (Å²) in [6.07, 6.45) is 1.87. The zero-order valence-corrected chi connectivity index (χ0v) is 18.3. The van der Waals surface area contributed by atoms with Crippen LogP contribution in [0.5, 0.6) is 11.6 Å². The highest BCUT2D eigenvalue weighted by Crippen LogP contribution is 2.31. The molecule has 8 heteroatoms. The summed E-state index contributed by atoms with van der Waals surface area (Å²) in [7, 11) is 1.50. The first-order valence-corrected chi connectivity index (χ1v) is 10.6. The Morgan fingerprint density at radius 2 is 1.90 bits per heavy atom. The number of benzene rings is 2. The minimum atomic E-state index is -0.417. The normalized spacial score (nSPS) is 10.0. The van der Waals surface area contributed by atoms with Crippen molar-refractivity contribution in [3.05, 3.63) is 64.9 Å². The van der Waals surface area contributed by atoms with Crippen LogP contribution in [0.1, 0.15) is 19.4 Å². The van der Waals surface area contributed by atoms with Gasteiger partial charge in [-0.3, -0.25) is 0 Å². The van der Waals surface area contributed by atoms with E-state index in [9.17, 15) is 4.39 Å². The molecule has 0 aliphatic carbocycles. The fourth-order valence-corrected chi connectivity index (χ4v) is 3.01. The molecule has 0 fully saturated rings. The lowest BCUT2D eigenvalue weighted by Gasteiger charge is -2.11. The zero-order valence-electron chi connectivity index (χ0n) is 16.7. The summed E-state index contributed by atoms with van der Waals surface area (Å²) >= 11 is 7.35. The van der Waals surface area contributed by atoms with E-state index in [0.717, 1.165) is 5.56 Å². The predicted octanol–water partition coefficient (Wildman–Crippen LogP) is 6.24. The van der Waals surface area contributed by atoms with Gasteiger partial charge < -0.3 is 14.2 Å². The smallest absolute Gasteiger partial charge is 0.257 e. The largest absolute Gasteiger partial charge is 0.489 e. The van der Waals surface area contributed by atoms with Crippen molar-refractivity contribution in [3.8, 4) is 22.9 Å². The maximum atomic E-state index is 14.4. The molecule has 29 heavy (non-hydrogen) atoms. The molecular formula is C21H23ClFN3O2S. The lowest BCUT2D eigenvalue weighted by molar-refractivity contribution is 0.306. The van der Waals surface area contributed by atoms with Crippen LogP contribution in [0.4, 0.5) is 10.1 Å². The Bertz CT molecular complexity index is 944. The second-order valence-electron chi connectivity index (χ2n) is 5.52. The van der Waals surface area contributed by atoms with Crippen LogP contribution < -0.4 is 14.2 Å². The number of hydrogen-bond acceptors (Lipinski definition) is 6. The van der Waals surface area contributed by atoms with Crippen LogP contribution >= 0.6 is 23.5 Å². The number of ether oxygens (including phenoxy) is 2. The Labute approximate surface area is 179 Å². The number of anilines is 1. The van der Waals surface area contributed by atoms with Crippen LogP contribution in [0.25, 0.3) is 11.3 Å². The minimum Gasteiger partial charge on any atom is -0.489 e. The van der Waals surface area contributed by atoms with Gasteiger partial charge in [0.2, 0.25) is 0 Å². The molecule has 0 radical (unpaired) electrons. The van der Waals surface area contributed by atoms with Gasteiger partial charge in [0.05, 0.1) is 12.8 Å². The van der Waals surface area contributed by atoms with Gasteiger partial charge in [0, 0.05) is 16.8 Å². The first kappa shape index (κ1) is 22.8. The third kappa shape index (κ3) is 6.24. The van der Waals surface area contributed by atoms with E-state index in [0.29, 0.717) is 34.6 Å². The van der Waals surface area contributed by atoms with E-state index in [1.807, 2.05) is 38.3 Å². The second-order valence-corrected chi connectivity index (χ2v) is 6.57. The molecule has 1 heterocycles. The average molecular weight is 436 g/mol. The molecule has 0 saturated heterocycles. The van der Waals surface area contributed by atoms with Crippen molar-refractivity contribution in [2.75, 3.05) is 18.1 Å². The van der Waals surface area contributed by atoms with Crippen LogP contribution in [0.2, 0.25) is 5.02 Å². The van der Waals surface area contributed by atoms with E-state index in [4.69, 9.17) is 21.1 Å². The topological polar surface area (TPSA) is 56.3 Å². The molecule has 0 aliphatic rings. The van der Waals surface area contributed by atoms with E-state index in [-0.39, 0.29) is 5.56 Å². The summed E-state index contributed by atoms with van der Waals surface area (Å²) in [5.74, 6) is 0.435. The number of rotatable bonds is 7. The van der Waals surface area contributed by atoms with Crippen molar-refractivity contribution in [3.63, 3.8) is 0 Å². The molecule has 0 bridgehead atoms. The Hall–Kier alpha value is -2.51. The van der Waals surface area contributed by atoms with Crippen molar-refractivity contribution in [2.24, 2.45) is 0 Å². The number of aromatic nitrogens is 2. The standard InChI is InChI=1S/C19H17ClFN3O2S.C2H6/c1-25-19-18(24-27-2)10-17(22-23-19)15-9-14(6-7-16(15)21)26-11-12-4-3-5-13(20)8-12;1-2/h3-10H,11H2,1-2H3,(H,22,24);1-2H3. The van der Waals surface area contributed by atoms with Crippen LogP contribution in [0.3, 0.4) is 0 Å². The van der Waals surface area contributed by atoms with Gasteiger partial charge in [-0.1, -0.05) is 49.5 Å². The molecule has 0 aliphatic heterocycles. The Kier molecular flexibility index (Phi) is 9.02. The van der Waals surface area contributed by atoms with Crippen LogP contribution in [-0.2, 0) is 6.61 Å². The molecule has 0 saturated carbocycles. The Morgan fingerprint density at radius 1 is 1.10 bits per heavy atom. The number of halogens is 2. The lowest BCUT2D eigenvalue weighted by atomic mass is 10.1. The van der Waals surface area contributed by atoms with Crippen LogP contribution in [-0.4, -0.2) is 23.6 Å². The van der Waals surface area contributed by atoms with Gasteiger partial charge in [0.25, 0.3) is 5.88 Å². The molecular weight excluding hydrogens is 413 g/mol. The third-order valence-corrected chi connectivity index (χ3v) is 4.33. The van der Waals surface area contributed by atoms with Gasteiger partial charge in [-0.05, 0) is 42.0 Å². The van der Waals surface area contributed by atoms with Gasteiger partial charge in [0.15, 0.2) is 0 Å². The number of methoxy groups -OCH3 is 1. The van der Waals surface area contributed by atoms with Gasteiger partial charge in [-0.2, -0.15) is 0 Å². The van der Waals surface area contributed by atoms with Gasteiger partial charge >= 0.3 is 0 Å². The predicted molar refractivity (Wildman–Crippen MR) is 118 cm³/mol. The maximum absolute atomic E-state index is 14.4. The quantitative estimate of drug-likeness (QED) is 0.443. The van der Waals surface area contributed by atoms with Gasteiger partial charge in [-0.25, -0.2) is 4.39 Å². The summed E-state index contributed by atoms with van der Waals surface area (Å²) in [4.78, 5) is 0. The molecule has 1 N–H and O–H groups in total. The molecule has 154 valence electrons.